The van der Waals surface area contributed by atoms with Crippen LogP contribution < -0.4 is 5.73 Å². The Morgan fingerprint density at radius 3 is 2.65 bits per heavy atom. The molecule has 4 nitrogen and oxygen atoms in total. The van der Waals surface area contributed by atoms with E-state index in [1.165, 1.54) is 23.5 Å². The smallest absolute Gasteiger partial charge is 0.228 e. The summed E-state index contributed by atoms with van der Waals surface area (Å²) in [6.45, 7) is 1.90. The van der Waals surface area contributed by atoms with E-state index < -0.39 is 0 Å². The molecule has 6 heteroatoms. The lowest BCUT2D eigenvalue weighted by molar-refractivity contribution is -0.131. The third-order valence-corrected chi connectivity index (χ3v) is 3.95. The van der Waals surface area contributed by atoms with E-state index in [4.69, 9.17) is 5.73 Å². The number of nitrogens with two attached hydrogens (primary N) is 1. The molecular weight excluding hydrogens is 277 g/mol. The van der Waals surface area contributed by atoms with Gasteiger partial charge in [-0.05, 0) is 24.6 Å². The van der Waals surface area contributed by atoms with Crippen molar-refractivity contribution in [2.45, 2.75) is 19.4 Å². The summed E-state index contributed by atoms with van der Waals surface area (Å²) in [5, 5.41) is 2.24. The first kappa shape index (κ1) is 14.5. The van der Waals surface area contributed by atoms with E-state index in [1.807, 2.05) is 6.92 Å². The number of nitrogens with zero attached hydrogens (tertiary/aromatic N) is 2. The normalized spacial score (nSPS) is 12.2. The molecule has 1 amide bonds. The van der Waals surface area contributed by atoms with Crippen LogP contribution in [0, 0.1) is 5.82 Å². The van der Waals surface area contributed by atoms with Crippen LogP contribution >= 0.6 is 11.3 Å². The number of hydrogen-bond donors (Lipinski definition) is 1. The summed E-state index contributed by atoms with van der Waals surface area (Å²) in [5.41, 5.74) is 7.11. The highest BCUT2D eigenvalue weighted by Crippen LogP contribution is 2.20. The molecule has 0 aliphatic carbocycles. The minimum Gasteiger partial charge on any atom is -0.375 e. The minimum absolute atomic E-state index is 0.0490. The Morgan fingerprint density at radius 1 is 1.45 bits per heavy atom. The topological polar surface area (TPSA) is 59.2 Å². The summed E-state index contributed by atoms with van der Waals surface area (Å²) >= 11 is 1.32. The molecule has 0 saturated carbocycles. The van der Waals surface area contributed by atoms with Gasteiger partial charge >= 0.3 is 0 Å². The number of hydrogen-bond acceptors (Lipinski definition) is 4. The van der Waals surface area contributed by atoms with Gasteiger partial charge in [-0.3, -0.25) is 4.79 Å². The summed E-state index contributed by atoms with van der Waals surface area (Å²) < 4.78 is 12.9. The van der Waals surface area contributed by atoms with Crippen LogP contribution in [-0.2, 0) is 11.2 Å². The van der Waals surface area contributed by atoms with E-state index in [0.29, 0.717) is 10.8 Å². The predicted molar refractivity (Wildman–Crippen MR) is 77.8 cm³/mol. The van der Waals surface area contributed by atoms with Crippen LogP contribution in [0.5, 0.6) is 0 Å². The Morgan fingerprint density at radius 2 is 2.10 bits per heavy atom. The largest absolute Gasteiger partial charge is 0.375 e. The molecule has 1 unspecified atom stereocenters. The standard InChI is InChI=1S/C14H16FN3OS/c1-9(10-3-5-11(15)6-4-10)18(2)13(19)7-12-8-20-14(16)17-12/h3-6,8-9H,7H2,1-2H3,(H2,16,17). The van der Waals surface area contributed by atoms with Crippen LogP contribution in [0.2, 0.25) is 0 Å². The van der Waals surface area contributed by atoms with Crippen LogP contribution in [0.1, 0.15) is 24.2 Å². The number of amides is 1. The maximum Gasteiger partial charge on any atom is 0.228 e. The molecule has 1 aromatic carbocycles. The van der Waals surface area contributed by atoms with E-state index in [2.05, 4.69) is 4.98 Å². The SMILES string of the molecule is CC(c1ccc(F)cc1)N(C)C(=O)Cc1csc(N)n1. The molecule has 1 heterocycles. The van der Waals surface area contributed by atoms with Crippen molar-refractivity contribution in [2.24, 2.45) is 0 Å². The van der Waals surface area contributed by atoms with Gasteiger partial charge in [-0.2, -0.15) is 0 Å². The van der Waals surface area contributed by atoms with Crippen molar-refractivity contribution in [3.63, 3.8) is 0 Å². The number of benzene rings is 1. The fraction of sp³-hybridized carbons (Fsp3) is 0.286. The van der Waals surface area contributed by atoms with E-state index >= 15 is 0 Å². The Hall–Kier alpha value is -1.95. The zero-order chi connectivity index (χ0) is 14.7. The second-order valence-corrected chi connectivity index (χ2v) is 5.48. The van der Waals surface area contributed by atoms with Gasteiger partial charge in [-0.15, -0.1) is 11.3 Å². The number of carbonyl (C=O) groups excluding carboxylic acids is 1. The van der Waals surface area contributed by atoms with Crippen LogP contribution in [0.3, 0.4) is 0 Å². The van der Waals surface area contributed by atoms with Gasteiger partial charge in [0.25, 0.3) is 0 Å². The number of carbonyl (C=O) groups is 1. The van der Waals surface area contributed by atoms with Crippen molar-refractivity contribution in [2.75, 3.05) is 12.8 Å². The van der Waals surface area contributed by atoms with Gasteiger partial charge in [0, 0.05) is 12.4 Å². The third-order valence-electron chi connectivity index (χ3n) is 3.23. The maximum absolute atomic E-state index is 12.9. The number of rotatable bonds is 4. The molecule has 0 spiro atoms. The number of aromatic nitrogens is 1. The third kappa shape index (κ3) is 3.33. The fourth-order valence-corrected chi connectivity index (χ4v) is 2.43. The van der Waals surface area contributed by atoms with Crippen LogP contribution in [-0.4, -0.2) is 22.8 Å². The zero-order valence-electron chi connectivity index (χ0n) is 11.3. The lowest BCUT2D eigenvalue weighted by Crippen LogP contribution is -2.31. The van der Waals surface area contributed by atoms with Gasteiger partial charge in [-0.25, -0.2) is 9.37 Å². The first-order valence-electron chi connectivity index (χ1n) is 6.18. The molecule has 0 radical (unpaired) electrons. The van der Waals surface area contributed by atoms with Crippen molar-refractivity contribution in [3.05, 3.63) is 46.7 Å². The molecule has 1 atom stereocenters. The average Bonchev–Trinajstić information content (AvgIpc) is 2.83. The Labute approximate surface area is 121 Å². The van der Waals surface area contributed by atoms with Crippen LogP contribution in [0.4, 0.5) is 9.52 Å². The minimum atomic E-state index is -0.284. The molecule has 1 aromatic heterocycles. The molecular formula is C14H16FN3OS. The second kappa shape index (κ2) is 6.00. The molecule has 106 valence electrons. The highest BCUT2D eigenvalue weighted by atomic mass is 32.1. The highest BCUT2D eigenvalue weighted by Gasteiger charge is 2.18. The highest BCUT2D eigenvalue weighted by molar-refractivity contribution is 7.13. The molecule has 2 aromatic rings. The van der Waals surface area contributed by atoms with E-state index in [9.17, 15) is 9.18 Å². The molecule has 2 N–H and O–H groups in total. The number of halogens is 1. The van der Waals surface area contributed by atoms with E-state index in [1.54, 1.807) is 29.5 Å². The van der Waals surface area contributed by atoms with E-state index in [-0.39, 0.29) is 24.2 Å². The molecule has 20 heavy (non-hydrogen) atoms. The van der Waals surface area contributed by atoms with Gasteiger partial charge in [0.2, 0.25) is 5.91 Å². The molecule has 0 bridgehead atoms. The molecule has 0 saturated heterocycles. The van der Waals surface area contributed by atoms with Gasteiger partial charge < -0.3 is 10.6 Å². The zero-order valence-corrected chi connectivity index (χ0v) is 12.2. The molecule has 2 rings (SSSR count). The first-order chi connectivity index (χ1) is 9.47. The Bertz CT molecular complexity index is 597. The Kier molecular flexibility index (Phi) is 4.34. The number of nitrogen functional groups attached to an aromatic ring is 1. The lowest BCUT2D eigenvalue weighted by Gasteiger charge is -2.25. The van der Waals surface area contributed by atoms with Gasteiger partial charge in [0.05, 0.1) is 18.2 Å². The number of likely N-dealkylation sites (N-methyl/N-ethyl adjacent to an activating group) is 1. The molecule has 0 aliphatic rings. The predicted octanol–water partition coefficient (Wildman–Crippen LogP) is 2.63. The average molecular weight is 293 g/mol. The molecule has 0 fully saturated rings. The van der Waals surface area contributed by atoms with Crippen LogP contribution in [0.15, 0.2) is 29.6 Å². The Balaban J connectivity index is 2.04. The van der Waals surface area contributed by atoms with Gasteiger partial charge in [-0.1, -0.05) is 12.1 Å². The maximum atomic E-state index is 12.9. The number of thiazole rings is 1. The van der Waals surface area contributed by atoms with Gasteiger partial charge in [0.15, 0.2) is 5.13 Å². The van der Waals surface area contributed by atoms with Crippen LogP contribution in [0.25, 0.3) is 0 Å². The number of anilines is 1. The van der Waals surface area contributed by atoms with Crippen molar-refractivity contribution in [1.82, 2.24) is 9.88 Å². The fourth-order valence-electron chi connectivity index (χ4n) is 1.86. The quantitative estimate of drug-likeness (QED) is 0.942. The molecule has 0 aliphatic heterocycles. The van der Waals surface area contributed by atoms with E-state index in [0.717, 1.165) is 5.56 Å². The summed E-state index contributed by atoms with van der Waals surface area (Å²) in [4.78, 5) is 17.9. The summed E-state index contributed by atoms with van der Waals surface area (Å²) in [6, 6.07) is 6.03. The summed E-state index contributed by atoms with van der Waals surface area (Å²) in [6.07, 6.45) is 0.218. The first-order valence-corrected chi connectivity index (χ1v) is 7.06. The van der Waals surface area contributed by atoms with Crippen molar-refractivity contribution in [3.8, 4) is 0 Å². The lowest BCUT2D eigenvalue weighted by atomic mass is 10.1. The van der Waals surface area contributed by atoms with Crippen molar-refractivity contribution >= 4 is 22.4 Å². The second-order valence-electron chi connectivity index (χ2n) is 4.59. The summed E-state index contributed by atoms with van der Waals surface area (Å²) in [5.74, 6) is -0.333. The van der Waals surface area contributed by atoms with Gasteiger partial charge in [0.1, 0.15) is 5.82 Å². The van der Waals surface area contributed by atoms with Crippen molar-refractivity contribution < 1.29 is 9.18 Å². The summed E-state index contributed by atoms with van der Waals surface area (Å²) in [7, 11) is 1.73. The monoisotopic (exact) mass is 293 g/mol. The van der Waals surface area contributed by atoms with Crippen molar-refractivity contribution in [1.29, 1.82) is 0 Å².